The van der Waals surface area contributed by atoms with Crippen LogP contribution in [0.15, 0.2) is 42.5 Å². The molecule has 25 heavy (non-hydrogen) atoms. The highest BCUT2D eigenvalue weighted by Gasteiger charge is 2.12. The van der Waals surface area contributed by atoms with Crippen LogP contribution in [-0.2, 0) is 0 Å². The summed E-state index contributed by atoms with van der Waals surface area (Å²) in [7, 11) is 5.20. The highest BCUT2D eigenvalue weighted by Crippen LogP contribution is 2.22. The third-order valence-electron chi connectivity index (χ3n) is 3.88. The Morgan fingerprint density at radius 3 is 2.48 bits per heavy atom. The van der Waals surface area contributed by atoms with E-state index >= 15 is 0 Å². The van der Waals surface area contributed by atoms with E-state index in [9.17, 15) is 4.79 Å². The quantitative estimate of drug-likeness (QED) is 0.729. The average molecular weight is 363 g/mol. The zero-order chi connectivity index (χ0) is 18.2. The molecule has 2 aromatic rings. The number of carbonyl (C=O) groups is 1. The first-order valence-corrected chi connectivity index (χ1v) is 8.40. The Hall–Kier alpha value is -2.40. The Bertz CT molecular complexity index is 704. The van der Waals surface area contributed by atoms with Gasteiger partial charge in [0.2, 0.25) is 0 Å². The molecular weight excluding hydrogens is 340 g/mol. The van der Waals surface area contributed by atoms with Gasteiger partial charge in [0, 0.05) is 30.8 Å². The fraction of sp³-hybridized carbons (Fsp3) is 0.316. The molecule has 0 saturated carbocycles. The summed E-state index contributed by atoms with van der Waals surface area (Å²) in [6.45, 7) is 1.38. The molecule has 134 valence electrons. The van der Waals surface area contributed by atoms with Gasteiger partial charge in [0.25, 0.3) is 5.91 Å². The van der Waals surface area contributed by atoms with Gasteiger partial charge in [-0.05, 0) is 48.9 Å². The number of rotatable bonds is 8. The van der Waals surface area contributed by atoms with Gasteiger partial charge in [-0.2, -0.15) is 0 Å². The molecule has 0 unspecified atom stereocenters. The molecule has 0 aliphatic rings. The number of methoxy groups -OCH3 is 2. The average Bonchev–Trinajstić information content (AvgIpc) is 2.64. The van der Waals surface area contributed by atoms with Gasteiger partial charge in [0.15, 0.2) is 0 Å². The number of nitrogens with zero attached hydrogens (tertiary/aromatic N) is 1. The summed E-state index contributed by atoms with van der Waals surface area (Å²) in [5.41, 5.74) is 1.54. The summed E-state index contributed by atoms with van der Waals surface area (Å²) < 4.78 is 10.4. The molecule has 1 amide bonds. The smallest absolute Gasteiger partial charge is 0.255 e. The lowest BCUT2D eigenvalue weighted by Gasteiger charge is -2.19. The molecule has 1 N–H and O–H groups in total. The van der Waals surface area contributed by atoms with E-state index in [1.165, 1.54) is 7.11 Å². The molecule has 0 saturated heterocycles. The van der Waals surface area contributed by atoms with E-state index in [1.54, 1.807) is 25.3 Å². The molecule has 0 fully saturated rings. The lowest BCUT2D eigenvalue weighted by Crippen LogP contribution is -2.28. The van der Waals surface area contributed by atoms with Crippen LogP contribution in [0.1, 0.15) is 16.8 Å². The Kier molecular flexibility index (Phi) is 6.95. The minimum absolute atomic E-state index is 0.188. The Balaban J connectivity index is 1.82. The number of amides is 1. The third-order valence-corrected chi connectivity index (χ3v) is 4.11. The molecule has 2 aromatic carbocycles. The van der Waals surface area contributed by atoms with Crippen molar-refractivity contribution >= 4 is 23.2 Å². The number of hydrogen-bond acceptors (Lipinski definition) is 4. The van der Waals surface area contributed by atoms with E-state index in [-0.39, 0.29) is 5.91 Å². The van der Waals surface area contributed by atoms with E-state index in [4.69, 9.17) is 21.1 Å². The lowest BCUT2D eigenvalue weighted by molar-refractivity contribution is 0.0950. The first-order valence-electron chi connectivity index (χ1n) is 8.02. The van der Waals surface area contributed by atoms with Gasteiger partial charge in [-0.3, -0.25) is 4.79 Å². The topological polar surface area (TPSA) is 50.8 Å². The van der Waals surface area contributed by atoms with Crippen molar-refractivity contribution in [3.63, 3.8) is 0 Å². The molecule has 0 spiro atoms. The summed E-state index contributed by atoms with van der Waals surface area (Å²) in [5.74, 6) is 1.16. The maximum Gasteiger partial charge on any atom is 0.255 e. The Morgan fingerprint density at radius 1 is 1.12 bits per heavy atom. The summed E-state index contributed by atoms with van der Waals surface area (Å²) in [6.07, 6.45) is 0.817. The fourth-order valence-electron chi connectivity index (χ4n) is 2.44. The highest BCUT2D eigenvalue weighted by atomic mass is 35.5. The van der Waals surface area contributed by atoms with Gasteiger partial charge >= 0.3 is 0 Å². The number of halogens is 1. The molecule has 6 heteroatoms. The van der Waals surface area contributed by atoms with Gasteiger partial charge in [-0.1, -0.05) is 11.6 Å². The first kappa shape index (κ1) is 18.9. The van der Waals surface area contributed by atoms with Crippen molar-refractivity contribution in [3.05, 3.63) is 53.1 Å². The van der Waals surface area contributed by atoms with Crippen molar-refractivity contribution in [1.82, 2.24) is 5.32 Å². The second kappa shape index (κ2) is 9.18. The van der Waals surface area contributed by atoms with Crippen molar-refractivity contribution in [1.29, 1.82) is 0 Å². The number of benzene rings is 2. The monoisotopic (exact) mass is 362 g/mol. The van der Waals surface area contributed by atoms with E-state index in [0.717, 1.165) is 24.4 Å². The number of anilines is 1. The lowest BCUT2D eigenvalue weighted by atomic mass is 10.2. The summed E-state index contributed by atoms with van der Waals surface area (Å²) in [5, 5.41) is 3.41. The second-order valence-corrected chi connectivity index (χ2v) is 6.01. The molecule has 5 nitrogen and oxygen atoms in total. The Morgan fingerprint density at radius 2 is 1.84 bits per heavy atom. The van der Waals surface area contributed by atoms with Crippen LogP contribution in [0.3, 0.4) is 0 Å². The van der Waals surface area contributed by atoms with Gasteiger partial charge in [-0.15, -0.1) is 0 Å². The fourth-order valence-corrected chi connectivity index (χ4v) is 2.61. The normalized spacial score (nSPS) is 10.2. The van der Waals surface area contributed by atoms with E-state index < -0.39 is 0 Å². The zero-order valence-electron chi connectivity index (χ0n) is 14.7. The van der Waals surface area contributed by atoms with Crippen molar-refractivity contribution in [2.75, 3.05) is 39.3 Å². The van der Waals surface area contributed by atoms with Crippen LogP contribution in [-0.4, -0.2) is 40.3 Å². The van der Waals surface area contributed by atoms with E-state index in [0.29, 0.717) is 22.9 Å². The van der Waals surface area contributed by atoms with Crippen molar-refractivity contribution in [2.45, 2.75) is 6.42 Å². The molecule has 0 heterocycles. The zero-order valence-corrected chi connectivity index (χ0v) is 15.5. The summed E-state index contributed by atoms with van der Waals surface area (Å²) in [6, 6.07) is 12.9. The first-order chi connectivity index (χ1) is 12.0. The molecule has 0 aromatic heterocycles. The van der Waals surface area contributed by atoms with Crippen LogP contribution in [0.2, 0.25) is 5.02 Å². The SMILES string of the molecule is COc1ccc(N(C)CCCNC(=O)c2cc(Cl)ccc2OC)cc1. The largest absolute Gasteiger partial charge is 0.497 e. The highest BCUT2D eigenvalue weighted by molar-refractivity contribution is 6.31. The van der Waals surface area contributed by atoms with Crippen LogP contribution in [0.5, 0.6) is 11.5 Å². The molecule has 0 aliphatic carbocycles. The van der Waals surface area contributed by atoms with Crippen LogP contribution in [0.4, 0.5) is 5.69 Å². The predicted octanol–water partition coefficient (Wildman–Crippen LogP) is 3.61. The van der Waals surface area contributed by atoms with Crippen LogP contribution in [0, 0.1) is 0 Å². The minimum Gasteiger partial charge on any atom is -0.497 e. The van der Waals surface area contributed by atoms with E-state index in [2.05, 4.69) is 10.2 Å². The molecule has 0 bridgehead atoms. The van der Waals surface area contributed by atoms with Crippen LogP contribution >= 0.6 is 11.6 Å². The molecule has 0 atom stereocenters. The van der Waals surface area contributed by atoms with Gasteiger partial charge < -0.3 is 19.7 Å². The summed E-state index contributed by atoms with van der Waals surface area (Å²) in [4.78, 5) is 14.4. The number of ether oxygens (including phenoxy) is 2. The number of carbonyl (C=O) groups excluding carboxylic acids is 1. The predicted molar refractivity (Wildman–Crippen MR) is 101 cm³/mol. The van der Waals surface area contributed by atoms with E-state index in [1.807, 2.05) is 31.3 Å². The van der Waals surface area contributed by atoms with Gasteiger partial charge in [0.05, 0.1) is 19.8 Å². The van der Waals surface area contributed by atoms with Crippen molar-refractivity contribution in [2.24, 2.45) is 0 Å². The van der Waals surface area contributed by atoms with Gasteiger partial charge in [0.1, 0.15) is 11.5 Å². The maximum absolute atomic E-state index is 12.3. The molecular formula is C19H23ClN2O3. The number of hydrogen-bond donors (Lipinski definition) is 1. The number of nitrogens with one attached hydrogen (secondary N) is 1. The van der Waals surface area contributed by atoms with Crippen LogP contribution < -0.4 is 19.7 Å². The van der Waals surface area contributed by atoms with Crippen molar-refractivity contribution in [3.8, 4) is 11.5 Å². The summed E-state index contributed by atoms with van der Waals surface area (Å²) >= 11 is 5.96. The third kappa shape index (κ3) is 5.29. The second-order valence-electron chi connectivity index (χ2n) is 5.57. The molecule has 0 radical (unpaired) electrons. The van der Waals surface area contributed by atoms with Gasteiger partial charge in [-0.25, -0.2) is 0 Å². The van der Waals surface area contributed by atoms with Crippen molar-refractivity contribution < 1.29 is 14.3 Å². The van der Waals surface area contributed by atoms with Crippen LogP contribution in [0.25, 0.3) is 0 Å². The maximum atomic E-state index is 12.3. The minimum atomic E-state index is -0.188. The molecule has 2 rings (SSSR count). The Labute approximate surface area is 153 Å². The molecule has 0 aliphatic heterocycles. The standard InChI is InChI=1S/C19H23ClN2O3/c1-22(15-6-8-16(24-2)9-7-15)12-4-11-21-19(23)17-13-14(20)5-10-18(17)25-3/h5-10,13H,4,11-12H2,1-3H3,(H,21,23).